The molecule has 25 heavy (non-hydrogen) atoms. The molecule has 6 nitrogen and oxygen atoms in total. The second-order valence-corrected chi connectivity index (χ2v) is 6.13. The highest BCUT2D eigenvalue weighted by Crippen LogP contribution is 2.16. The highest BCUT2D eigenvalue weighted by Gasteiger charge is 2.09. The fourth-order valence-corrected chi connectivity index (χ4v) is 2.75. The van der Waals surface area contributed by atoms with Crippen LogP contribution in [0, 0.1) is 0 Å². The molecule has 0 aliphatic heterocycles. The molecule has 6 heteroatoms. The number of aromatic nitrogens is 2. The number of rotatable bonds is 8. The van der Waals surface area contributed by atoms with E-state index in [4.69, 9.17) is 4.84 Å². The Balaban J connectivity index is 1.55. The van der Waals surface area contributed by atoms with Gasteiger partial charge in [-0.1, -0.05) is 36.4 Å². The van der Waals surface area contributed by atoms with Crippen LogP contribution in [0.5, 0.6) is 0 Å². The van der Waals surface area contributed by atoms with Crippen molar-refractivity contribution in [3.05, 3.63) is 60.4 Å². The molecule has 3 rings (SSSR count). The van der Waals surface area contributed by atoms with Crippen LogP contribution in [0.3, 0.4) is 0 Å². The molecular weight excluding hydrogens is 316 g/mol. The monoisotopic (exact) mass is 340 g/mol. The van der Waals surface area contributed by atoms with Gasteiger partial charge in [0.05, 0.1) is 38.2 Å². The molecule has 0 fully saturated rings. The van der Waals surface area contributed by atoms with Crippen LogP contribution in [0.1, 0.15) is 5.56 Å². The Kier molecular flexibility index (Phi) is 5.65. The molecule has 0 saturated carbocycles. The van der Waals surface area contributed by atoms with Crippen molar-refractivity contribution in [3.63, 3.8) is 0 Å². The van der Waals surface area contributed by atoms with Gasteiger partial charge in [0.1, 0.15) is 0 Å². The van der Waals surface area contributed by atoms with Crippen molar-refractivity contribution in [3.8, 4) is 0 Å². The van der Waals surface area contributed by atoms with Gasteiger partial charge in [0.2, 0.25) is 0 Å². The first kappa shape index (κ1) is 17.4. The van der Waals surface area contributed by atoms with E-state index in [2.05, 4.69) is 46.8 Å². The molecule has 0 saturated heterocycles. The van der Waals surface area contributed by atoms with E-state index in [0.717, 1.165) is 12.2 Å². The number of fused-ring (bicyclic) bond motifs is 1. The Morgan fingerprint density at radius 3 is 2.84 bits per heavy atom. The van der Waals surface area contributed by atoms with Crippen LogP contribution in [-0.4, -0.2) is 46.8 Å². The Hall–Kier alpha value is -2.41. The van der Waals surface area contributed by atoms with Crippen LogP contribution < -0.4 is 5.32 Å². The van der Waals surface area contributed by atoms with Crippen molar-refractivity contribution < 1.29 is 9.94 Å². The number of anilines is 1. The molecule has 1 aromatic heterocycles. The predicted molar refractivity (Wildman–Crippen MR) is 99.1 cm³/mol. The number of hydroxylamine groups is 2. The first-order valence-electron chi connectivity index (χ1n) is 8.31. The minimum absolute atomic E-state index is 0.422. The van der Waals surface area contributed by atoms with Gasteiger partial charge in [0.15, 0.2) is 0 Å². The lowest BCUT2D eigenvalue weighted by Gasteiger charge is -2.17. The Morgan fingerprint density at radius 1 is 1.24 bits per heavy atom. The Morgan fingerprint density at radius 2 is 2.04 bits per heavy atom. The van der Waals surface area contributed by atoms with Crippen molar-refractivity contribution in [2.24, 2.45) is 0 Å². The third kappa shape index (κ3) is 4.79. The van der Waals surface area contributed by atoms with E-state index in [1.54, 1.807) is 30.1 Å². The average Bonchev–Trinajstić information content (AvgIpc) is 3.06. The molecule has 0 aliphatic rings. The standard InChI is InChI=1S/C19H24N4O2/c1-22(25-2)13-19(24)14-23-12-18(11-21-23)20-10-15-7-8-16-5-3-4-6-17(16)9-15/h3-9,11-12,19-20,24H,10,13-14H2,1-2H3/t19-/m0/s1. The lowest BCUT2D eigenvalue weighted by atomic mass is 10.1. The summed E-state index contributed by atoms with van der Waals surface area (Å²) in [6.45, 7) is 1.58. The van der Waals surface area contributed by atoms with Crippen molar-refractivity contribution >= 4 is 16.5 Å². The van der Waals surface area contributed by atoms with Gasteiger partial charge in [-0.2, -0.15) is 10.2 Å². The summed E-state index contributed by atoms with van der Waals surface area (Å²) >= 11 is 0. The van der Waals surface area contributed by atoms with Crippen molar-refractivity contribution in [2.75, 3.05) is 26.0 Å². The summed E-state index contributed by atoms with van der Waals surface area (Å²) < 4.78 is 1.73. The quantitative estimate of drug-likeness (QED) is 0.617. The van der Waals surface area contributed by atoms with Crippen LogP contribution in [-0.2, 0) is 17.9 Å². The molecule has 0 unspecified atom stereocenters. The summed E-state index contributed by atoms with van der Waals surface area (Å²) in [6, 6.07) is 14.8. The molecule has 3 aromatic rings. The van der Waals surface area contributed by atoms with Crippen LogP contribution in [0.2, 0.25) is 0 Å². The third-order valence-corrected chi connectivity index (χ3v) is 4.12. The lowest BCUT2D eigenvalue weighted by molar-refractivity contribution is -0.129. The number of likely N-dealkylation sites (N-methyl/N-ethyl adjacent to an activating group) is 1. The van der Waals surface area contributed by atoms with Gasteiger partial charge in [-0.3, -0.25) is 4.68 Å². The van der Waals surface area contributed by atoms with Gasteiger partial charge < -0.3 is 15.3 Å². The van der Waals surface area contributed by atoms with Gasteiger partial charge in [-0.25, -0.2) is 0 Å². The van der Waals surface area contributed by atoms with Crippen LogP contribution in [0.15, 0.2) is 54.9 Å². The minimum atomic E-state index is -0.543. The summed E-state index contributed by atoms with van der Waals surface area (Å²) in [5.74, 6) is 0. The van der Waals surface area contributed by atoms with E-state index in [0.29, 0.717) is 13.1 Å². The highest BCUT2D eigenvalue weighted by atomic mass is 16.7. The van der Waals surface area contributed by atoms with Crippen LogP contribution in [0.25, 0.3) is 10.8 Å². The van der Waals surface area contributed by atoms with E-state index < -0.39 is 6.10 Å². The van der Waals surface area contributed by atoms with Crippen LogP contribution in [0.4, 0.5) is 5.69 Å². The molecule has 2 N–H and O–H groups in total. The normalized spacial score (nSPS) is 12.6. The molecule has 0 aliphatic carbocycles. The number of benzene rings is 2. The van der Waals surface area contributed by atoms with Crippen molar-refractivity contribution in [1.82, 2.24) is 14.8 Å². The summed E-state index contributed by atoms with van der Waals surface area (Å²) in [5.41, 5.74) is 2.15. The van der Waals surface area contributed by atoms with Gasteiger partial charge in [0, 0.05) is 19.8 Å². The molecule has 1 atom stereocenters. The maximum absolute atomic E-state index is 10.0. The van der Waals surface area contributed by atoms with E-state index in [-0.39, 0.29) is 0 Å². The smallest absolute Gasteiger partial charge is 0.0885 e. The SMILES string of the molecule is CON(C)C[C@H](O)Cn1cc(NCc2ccc3ccccc3c2)cn1. The number of hydrogen-bond donors (Lipinski definition) is 2. The number of hydrogen-bond acceptors (Lipinski definition) is 5. The highest BCUT2D eigenvalue weighted by molar-refractivity contribution is 5.83. The number of aliphatic hydroxyl groups is 1. The summed E-state index contributed by atoms with van der Waals surface area (Å²) in [4.78, 5) is 5.01. The second kappa shape index (κ2) is 8.11. The first-order chi connectivity index (χ1) is 12.1. The molecule has 0 bridgehead atoms. The zero-order valence-electron chi connectivity index (χ0n) is 14.6. The summed E-state index contributed by atoms with van der Waals surface area (Å²) in [6.07, 6.45) is 3.13. The number of nitrogens with zero attached hydrogens (tertiary/aromatic N) is 3. The predicted octanol–water partition coefficient (Wildman–Crippen LogP) is 2.50. The van der Waals surface area contributed by atoms with E-state index in [1.807, 2.05) is 12.3 Å². The van der Waals surface area contributed by atoms with Crippen LogP contribution >= 0.6 is 0 Å². The Bertz CT molecular complexity index is 818. The number of aliphatic hydroxyl groups excluding tert-OH is 1. The zero-order valence-corrected chi connectivity index (χ0v) is 14.6. The van der Waals surface area contributed by atoms with Gasteiger partial charge >= 0.3 is 0 Å². The molecule has 0 radical (unpaired) electrons. The maximum atomic E-state index is 10.0. The fraction of sp³-hybridized carbons (Fsp3) is 0.316. The lowest BCUT2D eigenvalue weighted by Crippen LogP contribution is -2.31. The Labute approximate surface area is 147 Å². The first-order valence-corrected chi connectivity index (χ1v) is 8.31. The van der Waals surface area contributed by atoms with Crippen molar-refractivity contribution in [2.45, 2.75) is 19.2 Å². The average molecular weight is 340 g/mol. The van der Waals surface area contributed by atoms with Gasteiger partial charge in [-0.05, 0) is 22.4 Å². The zero-order chi connectivity index (χ0) is 17.6. The maximum Gasteiger partial charge on any atom is 0.0885 e. The fourth-order valence-electron chi connectivity index (χ4n) is 2.75. The van der Waals surface area contributed by atoms with E-state index in [9.17, 15) is 5.11 Å². The molecule has 132 valence electrons. The van der Waals surface area contributed by atoms with Gasteiger partial charge in [0.25, 0.3) is 0 Å². The topological polar surface area (TPSA) is 62.6 Å². The molecular formula is C19H24N4O2. The molecule has 2 aromatic carbocycles. The molecule has 0 spiro atoms. The summed E-state index contributed by atoms with van der Waals surface area (Å²) in [5, 5.41) is 21.8. The van der Waals surface area contributed by atoms with Gasteiger partial charge in [-0.15, -0.1) is 0 Å². The molecule has 0 amide bonds. The van der Waals surface area contributed by atoms with Crippen molar-refractivity contribution in [1.29, 1.82) is 0 Å². The third-order valence-electron chi connectivity index (χ3n) is 4.12. The van der Waals surface area contributed by atoms with E-state index >= 15 is 0 Å². The largest absolute Gasteiger partial charge is 0.390 e. The van der Waals surface area contributed by atoms with E-state index in [1.165, 1.54) is 16.3 Å². The number of nitrogens with one attached hydrogen (secondary N) is 1. The molecule has 1 heterocycles. The second-order valence-electron chi connectivity index (χ2n) is 6.13. The minimum Gasteiger partial charge on any atom is -0.390 e. The summed E-state index contributed by atoms with van der Waals surface area (Å²) in [7, 11) is 3.36.